The van der Waals surface area contributed by atoms with Gasteiger partial charge in [-0.25, -0.2) is 0 Å². The van der Waals surface area contributed by atoms with Crippen molar-refractivity contribution >= 4 is 34.8 Å². The van der Waals surface area contributed by atoms with Crippen LogP contribution in [0.1, 0.15) is 30.1 Å². The average Bonchev–Trinajstić information content (AvgIpc) is 2.80. The second-order valence-electron chi connectivity index (χ2n) is 6.98. The summed E-state index contributed by atoms with van der Waals surface area (Å²) in [6.45, 7) is 2.73. The van der Waals surface area contributed by atoms with Crippen LogP contribution in [0.2, 0.25) is 5.02 Å². The van der Waals surface area contributed by atoms with Crippen molar-refractivity contribution in [1.82, 2.24) is 0 Å². The lowest BCUT2D eigenvalue weighted by Crippen LogP contribution is -2.14. The molecule has 0 bridgehead atoms. The molecule has 0 saturated carbocycles. The maximum atomic E-state index is 12.6. The highest BCUT2D eigenvalue weighted by atomic mass is 35.5. The fourth-order valence-electron chi connectivity index (χ4n) is 2.88. The molecule has 0 radical (unpaired) electrons. The minimum absolute atomic E-state index is 0.0862. The summed E-state index contributed by atoms with van der Waals surface area (Å²) in [6.07, 6.45) is 1.18. The van der Waals surface area contributed by atoms with Gasteiger partial charge < -0.3 is 20.1 Å². The summed E-state index contributed by atoms with van der Waals surface area (Å²) >= 11 is 6.21. The van der Waals surface area contributed by atoms with Crippen molar-refractivity contribution in [3.8, 4) is 11.5 Å². The number of amides is 2. The van der Waals surface area contributed by atoms with Gasteiger partial charge in [0.15, 0.2) is 0 Å². The lowest BCUT2D eigenvalue weighted by atomic mass is 10.2. The summed E-state index contributed by atoms with van der Waals surface area (Å²) < 4.78 is 11.2. The molecule has 0 aromatic heterocycles. The van der Waals surface area contributed by atoms with Crippen molar-refractivity contribution in [3.63, 3.8) is 0 Å². The molecule has 166 valence electrons. The number of hydrogen-bond acceptors (Lipinski definition) is 4. The molecule has 0 saturated heterocycles. The van der Waals surface area contributed by atoms with Gasteiger partial charge in [-0.1, -0.05) is 36.7 Å². The monoisotopic (exact) mass is 452 g/mol. The number of para-hydroxylation sites is 1. The van der Waals surface area contributed by atoms with E-state index < -0.39 is 0 Å². The van der Waals surface area contributed by atoms with Gasteiger partial charge in [0.25, 0.3) is 5.91 Å². The minimum atomic E-state index is -0.317. The van der Waals surface area contributed by atoms with Crippen LogP contribution >= 0.6 is 11.6 Å². The van der Waals surface area contributed by atoms with Gasteiger partial charge in [0.1, 0.15) is 24.7 Å². The number of halogens is 1. The second-order valence-corrected chi connectivity index (χ2v) is 7.39. The molecule has 0 unspecified atom stereocenters. The summed E-state index contributed by atoms with van der Waals surface area (Å²) in [7, 11) is 0. The van der Waals surface area contributed by atoms with E-state index in [0.717, 1.165) is 12.2 Å². The van der Waals surface area contributed by atoms with Gasteiger partial charge in [-0.3, -0.25) is 9.59 Å². The molecule has 3 aromatic carbocycles. The van der Waals surface area contributed by atoms with Crippen molar-refractivity contribution in [1.29, 1.82) is 0 Å². The Labute approximate surface area is 192 Å². The highest BCUT2D eigenvalue weighted by Gasteiger charge is 2.11. The highest BCUT2D eigenvalue weighted by molar-refractivity contribution is 6.34. The van der Waals surface area contributed by atoms with Gasteiger partial charge in [0, 0.05) is 17.7 Å². The SMILES string of the molecule is CCCC(=O)Nc1ccc(Cl)c(NC(=O)c2ccc(OCCOc3ccccc3)cc2)c1. The van der Waals surface area contributed by atoms with E-state index in [-0.39, 0.29) is 11.8 Å². The first-order valence-electron chi connectivity index (χ1n) is 10.4. The first-order valence-corrected chi connectivity index (χ1v) is 10.7. The molecule has 0 heterocycles. The lowest BCUT2D eigenvalue weighted by Gasteiger charge is -2.11. The standard InChI is InChI=1S/C25H25ClN2O4/c1-2-6-24(29)27-19-11-14-22(26)23(17-19)28-25(30)18-9-12-21(13-10-18)32-16-15-31-20-7-4-3-5-8-20/h3-5,7-14,17H,2,6,15-16H2,1H3,(H,27,29)(H,28,30). The molecule has 0 aliphatic rings. The average molecular weight is 453 g/mol. The van der Waals surface area contributed by atoms with E-state index >= 15 is 0 Å². The first-order chi connectivity index (χ1) is 15.5. The van der Waals surface area contributed by atoms with E-state index in [1.165, 1.54) is 0 Å². The molecular weight excluding hydrogens is 428 g/mol. The van der Waals surface area contributed by atoms with E-state index in [0.29, 0.717) is 47.3 Å². The maximum absolute atomic E-state index is 12.6. The smallest absolute Gasteiger partial charge is 0.255 e. The predicted molar refractivity (Wildman–Crippen MR) is 127 cm³/mol. The summed E-state index contributed by atoms with van der Waals surface area (Å²) in [5.74, 6) is 1.02. The number of ether oxygens (including phenoxy) is 2. The Balaban J connectivity index is 1.52. The summed E-state index contributed by atoms with van der Waals surface area (Å²) in [6, 6.07) is 21.3. The Morgan fingerprint density at radius 1 is 0.844 bits per heavy atom. The number of carbonyl (C=O) groups is 2. The van der Waals surface area contributed by atoms with Crippen LogP contribution in [0.4, 0.5) is 11.4 Å². The van der Waals surface area contributed by atoms with Crippen molar-refractivity contribution < 1.29 is 19.1 Å². The van der Waals surface area contributed by atoms with Crippen LogP contribution in [0.15, 0.2) is 72.8 Å². The molecule has 3 rings (SSSR count). The molecule has 0 aliphatic carbocycles. The topological polar surface area (TPSA) is 76.7 Å². The minimum Gasteiger partial charge on any atom is -0.490 e. The van der Waals surface area contributed by atoms with Gasteiger partial charge >= 0.3 is 0 Å². The third kappa shape index (κ3) is 7.03. The molecule has 3 aromatic rings. The van der Waals surface area contributed by atoms with Gasteiger partial charge in [0.2, 0.25) is 5.91 Å². The zero-order valence-electron chi connectivity index (χ0n) is 17.8. The normalized spacial score (nSPS) is 10.3. The quantitative estimate of drug-likeness (QED) is 0.382. The van der Waals surface area contributed by atoms with Crippen LogP contribution in [0, 0.1) is 0 Å². The van der Waals surface area contributed by atoms with Crippen molar-refractivity contribution in [2.45, 2.75) is 19.8 Å². The van der Waals surface area contributed by atoms with Gasteiger partial charge in [-0.15, -0.1) is 0 Å². The molecule has 7 heteroatoms. The fraction of sp³-hybridized carbons (Fsp3) is 0.200. The van der Waals surface area contributed by atoms with Crippen molar-refractivity contribution in [3.05, 3.63) is 83.4 Å². The number of carbonyl (C=O) groups excluding carboxylic acids is 2. The molecule has 0 atom stereocenters. The Bertz CT molecular complexity index is 1040. The molecule has 2 amide bonds. The van der Waals surface area contributed by atoms with Crippen LogP contribution in [0.5, 0.6) is 11.5 Å². The Kier molecular flexibility index (Phi) is 8.52. The van der Waals surface area contributed by atoms with Crippen LogP contribution in [-0.4, -0.2) is 25.0 Å². The zero-order chi connectivity index (χ0) is 22.8. The molecular formula is C25H25ClN2O4. The van der Waals surface area contributed by atoms with E-state index in [4.69, 9.17) is 21.1 Å². The third-order valence-electron chi connectivity index (χ3n) is 4.46. The third-order valence-corrected chi connectivity index (χ3v) is 4.79. The van der Waals surface area contributed by atoms with Crippen LogP contribution in [0.25, 0.3) is 0 Å². The Morgan fingerprint density at radius 3 is 2.16 bits per heavy atom. The van der Waals surface area contributed by atoms with E-state index in [1.54, 1.807) is 42.5 Å². The largest absolute Gasteiger partial charge is 0.490 e. The van der Waals surface area contributed by atoms with Gasteiger partial charge in [0.05, 0.1) is 10.7 Å². The summed E-state index contributed by atoms with van der Waals surface area (Å²) in [5.41, 5.74) is 1.45. The molecule has 0 fully saturated rings. The summed E-state index contributed by atoms with van der Waals surface area (Å²) in [5, 5.41) is 5.95. The van der Waals surface area contributed by atoms with Crippen molar-refractivity contribution in [2.75, 3.05) is 23.8 Å². The highest BCUT2D eigenvalue weighted by Crippen LogP contribution is 2.26. The van der Waals surface area contributed by atoms with Gasteiger partial charge in [-0.05, 0) is 61.0 Å². The molecule has 0 aliphatic heterocycles. The molecule has 6 nitrogen and oxygen atoms in total. The van der Waals surface area contributed by atoms with Crippen LogP contribution < -0.4 is 20.1 Å². The molecule has 0 spiro atoms. The Morgan fingerprint density at radius 2 is 1.50 bits per heavy atom. The first kappa shape index (κ1) is 23.2. The number of benzene rings is 3. The van der Waals surface area contributed by atoms with Crippen LogP contribution in [0.3, 0.4) is 0 Å². The van der Waals surface area contributed by atoms with Crippen molar-refractivity contribution in [2.24, 2.45) is 0 Å². The molecule has 32 heavy (non-hydrogen) atoms. The van der Waals surface area contributed by atoms with Gasteiger partial charge in [-0.2, -0.15) is 0 Å². The predicted octanol–water partition coefficient (Wildman–Crippen LogP) is 5.79. The number of rotatable bonds is 10. The van der Waals surface area contributed by atoms with E-state index in [2.05, 4.69) is 10.6 Å². The second kappa shape index (κ2) is 11.8. The van der Waals surface area contributed by atoms with Crippen LogP contribution in [-0.2, 0) is 4.79 Å². The summed E-state index contributed by atoms with van der Waals surface area (Å²) in [4.78, 5) is 24.4. The van der Waals surface area contributed by atoms with E-state index in [1.807, 2.05) is 37.3 Å². The number of anilines is 2. The number of nitrogens with one attached hydrogen (secondary N) is 2. The maximum Gasteiger partial charge on any atom is 0.255 e. The zero-order valence-corrected chi connectivity index (χ0v) is 18.5. The fourth-order valence-corrected chi connectivity index (χ4v) is 3.05. The number of hydrogen-bond donors (Lipinski definition) is 2. The molecule has 2 N–H and O–H groups in total. The lowest BCUT2D eigenvalue weighted by molar-refractivity contribution is -0.116. The Hall–Kier alpha value is -3.51. The van der Waals surface area contributed by atoms with E-state index in [9.17, 15) is 9.59 Å².